The summed E-state index contributed by atoms with van der Waals surface area (Å²) in [6.45, 7) is 2.41. The molecule has 0 saturated heterocycles. The Balaban J connectivity index is 1.93. The summed E-state index contributed by atoms with van der Waals surface area (Å²) in [5.74, 6) is 0.994. The fourth-order valence-electron chi connectivity index (χ4n) is 2.45. The first-order chi connectivity index (χ1) is 12.1. The van der Waals surface area contributed by atoms with Gasteiger partial charge >= 0.3 is 0 Å². The van der Waals surface area contributed by atoms with Gasteiger partial charge in [-0.05, 0) is 37.3 Å². The van der Waals surface area contributed by atoms with Gasteiger partial charge in [-0.15, -0.1) is 0 Å². The molecule has 1 aromatic carbocycles. The maximum atomic E-state index is 11.4. The summed E-state index contributed by atoms with van der Waals surface area (Å²) in [6.07, 6.45) is 3.76. The summed E-state index contributed by atoms with van der Waals surface area (Å²) < 4.78 is 12.9. The Bertz CT molecular complexity index is 904. The van der Waals surface area contributed by atoms with Crippen molar-refractivity contribution in [1.82, 2.24) is 14.7 Å². The van der Waals surface area contributed by atoms with Crippen molar-refractivity contribution in [2.45, 2.75) is 6.92 Å². The van der Waals surface area contributed by atoms with Gasteiger partial charge in [-0.2, -0.15) is 0 Å². The molecule has 0 aliphatic heterocycles. The van der Waals surface area contributed by atoms with Crippen LogP contribution in [0.25, 0.3) is 16.9 Å². The molecule has 25 heavy (non-hydrogen) atoms. The second-order valence-corrected chi connectivity index (χ2v) is 5.38. The molecule has 2 heterocycles. The number of benzene rings is 1. The smallest absolute Gasteiger partial charge is 0.257 e. The molecular formula is C18H20N4O3. The lowest BCUT2D eigenvalue weighted by Crippen LogP contribution is -2.24. The molecule has 0 aliphatic rings. The number of nitrogens with zero attached hydrogens (tertiary/aromatic N) is 2. The Kier molecular flexibility index (Phi) is 4.74. The molecule has 0 spiro atoms. The molecule has 130 valence electrons. The number of aromatic nitrogens is 2. The van der Waals surface area contributed by atoms with Crippen LogP contribution >= 0.6 is 0 Å². The van der Waals surface area contributed by atoms with Crippen LogP contribution in [0, 0.1) is 0 Å². The van der Waals surface area contributed by atoms with E-state index in [1.54, 1.807) is 13.1 Å². The summed E-state index contributed by atoms with van der Waals surface area (Å²) >= 11 is 0. The topological polar surface area (TPSA) is 90.9 Å². The van der Waals surface area contributed by atoms with Crippen molar-refractivity contribution in [1.29, 1.82) is 0 Å². The second kappa shape index (κ2) is 7.12. The number of anilines is 1. The number of carbonyl (C=O) groups is 1. The average Bonchev–Trinajstić information content (AvgIpc) is 3.06. The first-order valence-electron chi connectivity index (χ1n) is 7.96. The number of fused-ring (bicyclic) bond motifs is 1. The van der Waals surface area contributed by atoms with Crippen LogP contribution in [-0.4, -0.2) is 35.6 Å². The van der Waals surface area contributed by atoms with E-state index >= 15 is 0 Å². The van der Waals surface area contributed by atoms with Gasteiger partial charge in [-0.25, -0.2) is 4.98 Å². The van der Waals surface area contributed by atoms with Gasteiger partial charge in [0, 0.05) is 25.0 Å². The number of nitrogen functional groups attached to an aromatic ring is 1. The van der Waals surface area contributed by atoms with Crippen molar-refractivity contribution >= 4 is 17.2 Å². The van der Waals surface area contributed by atoms with E-state index in [9.17, 15) is 4.79 Å². The highest BCUT2D eigenvalue weighted by atomic mass is 16.5. The Labute approximate surface area is 145 Å². The van der Waals surface area contributed by atoms with Crippen molar-refractivity contribution in [3.05, 3.63) is 42.7 Å². The third-order valence-corrected chi connectivity index (χ3v) is 3.69. The first kappa shape index (κ1) is 16.6. The molecule has 3 rings (SSSR count). The summed E-state index contributed by atoms with van der Waals surface area (Å²) in [5.41, 5.74) is 8.86. The van der Waals surface area contributed by atoms with Crippen LogP contribution in [0.5, 0.6) is 11.5 Å². The number of pyridine rings is 1. The molecule has 1 amide bonds. The van der Waals surface area contributed by atoms with E-state index in [1.807, 2.05) is 48.0 Å². The monoisotopic (exact) mass is 340 g/mol. The normalized spacial score (nSPS) is 10.6. The molecule has 7 heteroatoms. The zero-order valence-corrected chi connectivity index (χ0v) is 14.2. The largest absolute Gasteiger partial charge is 0.492 e. The lowest BCUT2D eigenvalue weighted by atomic mass is 10.1. The summed E-state index contributed by atoms with van der Waals surface area (Å²) in [7, 11) is 1.57. The Morgan fingerprint density at radius 2 is 2.12 bits per heavy atom. The lowest BCUT2D eigenvalue weighted by Gasteiger charge is -2.07. The van der Waals surface area contributed by atoms with E-state index in [0.717, 1.165) is 11.3 Å². The van der Waals surface area contributed by atoms with E-state index in [4.69, 9.17) is 15.2 Å². The fourth-order valence-corrected chi connectivity index (χ4v) is 2.45. The van der Waals surface area contributed by atoms with Crippen LogP contribution < -0.4 is 20.5 Å². The Hall–Kier alpha value is -3.22. The molecule has 0 radical (unpaired) electrons. The second-order valence-electron chi connectivity index (χ2n) is 5.38. The number of carbonyl (C=O) groups excluding carboxylic acids is 1. The van der Waals surface area contributed by atoms with Gasteiger partial charge in [-0.3, -0.25) is 4.79 Å². The molecule has 0 unspecified atom stereocenters. The SMILES string of the molecule is CCOc1ccc(-c2cn3cccc(OCC(=O)NC)c3n2)cc1N. The number of nitrogens with two attached hydrogens (primary N) is 1. The highest BCUT2D eigenvalue weighted by Crippen LogP contribution is 2.29. The van der Waals surface area contributed by atoms with Crippen LogP contribution in [0.3, 0.4) is 0 Å². The van der Waals surface area contributed by atoms with Crippen molar-refractivity contribution in [3.63, 3.8) is 0 Å². The van der Waals surface area contributed by atoms with Gasteiger partial charge in [0.25, 0.3) is 5.91 Å². The van der Waals surface area contributed by atoms with Crippen LogP contribution in [0.4, 0.5) is 5.69 Å². The number of nitrogens with one attached hydrogen (secondary N) is 1. The zero-order chi connectivity index (χ0) is 17.8. The predicted octanol–water partition coefficient (Wildman–Crippen LogP) is 2.11. The van der Waals surface area contributed by atoms with Gasteiger partial charge < -0.3 is 24.9 Å². The molecule has 0 bridgehead atoms. The third kappa shape index (κ3) is 3.50. The van der Waals surface area contributed by atoms with Gasteiger partial charge in [0.1, 0.15) is 5.75 Å². The molecule has 7 nitrogen and oxygen atoms in total. The van der Waals surface area contributed by atoms with E-state index in [0.29, 0.717) is 29.4 Å². The average molecular weight is 340 g/mol. The number of ether oxygens (including phenoxy) is 2. The lowest BCUT2D eigenvalue weighted by molar-refractivity contribution is -0.122. The number of imidazole rings is 1. The maximum absolute atomic E-state index is 11.4. The quantitative estimate of drug-likeness (QED) is 0.671. The van der Waals surface area contributed by atoms with Gasteiger partial charge in [0.2, 0.25) is 0 Å². The molecule has 2 aromatic heterocycles. The van der Waals surface area contributed by atoms with Crippen LogP contribution in [0.2, 0.25) is 0 Å². The minimum absolute atomic E-state index is 0.0611. The zero-order valence-electron chi connectivity index (χ0n) is 14.2. The number of likely N-dealkylation sites (N-methyl/N-ethyl adjacent to an activating group) is 1. The van der Waals surface area contributed by atoms with Crippen LogP contribution in [0.15, 0.2) is 42.7 Å². The third-order valence-electron chi connectivity index (χ3n) is 3.69. The highest BCUT2D eigenvalue weighted by molar-refractivity contribution is 5.77. The summed E-state index contributed by atoms with van der Waals surface area (Å²) in [4.78, 5) is 16.0. The van der Waals surface area contributed by atoms with E-state index in [2.05, 4.69) is 10.3 Å². The number of amides is 1. The first-order valence-corrected chi connectivity index (χ1v) is 7.96. The number of hydrogen-bond acceptors (Lipinski definition) is 5. The van der Waals surface area contributed by atoms with Crippen LogP contribution in [0.1, 0.15) is 6.92 Å². The van der Waals surface area contributed by atoms with Gasteiger partial charge in [-0.1, -0.05) is 0 Å². The van der Waals surface area contributed by atoms with Gasteiger partial charge in [0.05, 0.1) is 18.0 Å². The fraction of sp³-hybridized carbons (Fsp3) is 0.222. The van der Waals surface area contributed by atoms with Crippen molar-refractivity contribution in [2.75, 3.05) is 26.0 Å². The van der Waals surface area contributed by atoms with E-state index in [1.165, 1.54) is 0 Å². The van der Waals surface area contributed by atoms with Crippen molar-refractivity contribution in [3.8, 4) is 22.8 Å². The van der Waals surface area contributed by atoms with E-state index in [-0.39, 0.29) is 12.5 Å². The number of rotatable bonds is 6. The molecule has 0 aliphatic carbocycles. The Morgan fingerprint density at radius 1 is 1.28 bits per heavy atom. The summed E-state index contributed by atoms with van der Waals surface area (Å²) in [6, 6.07) is 9.19. The van der Waals surface area contributed by atoms with Crippen molar-refractivity contribution in [2.24, 2.45) is 0 Å². The summed E-state index contributed by atoms with van der Waals surface area (Å²) in [5, 5.41) is 2.52. The predicted molar refractivity (Wildman–Crippen MR) is 95.8 cm³/mol. The molecule has 3 N–H and O–H groups in total. The minimum Gasteiger partial charge on any atom is -0.492 e. The molecule has 0 fully saturated rings. The van der Waals surface area contributed by atoms with Crippen LogP contribution in [-0.2, 0) is 4.79 Å². The highest BCUT2D eigenvalue weighted by Gasteiger charge is 2.11. The maximum Gasteiger partial charge on any atom is 0.257 e. The Morgan fingerprint density at radius 3 is 2.84 bits per heavy atom. The van der Waals surface area contributed by atoms with Gasteiger partial charge in [0.15, 0.2) is 18.0 Å². The molecule has 0 atom stereocenters. The number of hydrogen-bond donors (Lipinski definition) is 2. The van der Waals surface area contributed by atoms with Crippen molar-refractivity contribution < 1.29 is 14.3 Å². The van der Waals surface area contributed by atoms with E-state index < -0.39 is 0 Å². The minimum atomic E-state index is -0.201. The standard InChI is InChI=1S/C18H20N4O3/c1-3-24-15-7-6-12(9-13(15)19)14-10-22-8-4-5-16(18(22)21-14)25-11-17(23)20-2/h4-10H,3,11,19H2,1-2H3,(H,20,23). The molecular weight excluding hydrogens is 320 g/mol. The molecule has 0 saturated carbocycles. The molecule has 3 aromatic rings.